The molecule has 0 amide bonds. The number of ketones is 1. The van der Waals surface area contributed by atoms with E-state index in [0.29, 0.717) is 19.1 Å². The summed E-state index contributed by atoms with van der Waals surface area (Å²) in [4.78, 5) is 11.4. The number of hydrogen-bond donors (Lipinski definition) is 0. The summed E-state index contributed by atoms with van der Waals surface area (Å²) < 4.78 is 6.89. The summed E-state index contributed by atoms with van der Waals surface area (Å²) in [5.41, 5.74) is 0.813. The second-order valence-corrected chi connectivity index (χ2v) is 3.73. The monoisotopic (exact) mass is 210 g/mol. The summed E-state index contributed by atoms with van der Waals surface area (Å²) in [6.45, 7) is 6.75. The first-order valence-corrected chi connectivity index (χ1v) is 5.27. The van der Waals surface area contributed by atoms with Crippen LogP contribution in [0.25, 0.3) is 0 Å². The molecule has 1 aromatic rings. The van der Waals surface area contributed by atoms with Gasteiger partial charge in [0.05, 0.1) is 12.1 Å². The maximum Gasteiger partial charge on any atom is 0.164 e. The van der Waals surface area contributed by atoms with Crippen molar-refractivity contribution in [2.75, 3.05) is 13.2 Å². The smallest absolute Gasteiger partial charge is 0.164 e. The van der Waals surface area contributed by atoms with Gasteiger partial charge in [0.25, 0.3) is 0 Å². The normalized spacial score (nSPS) is 10.9. The number of aromatic nitrogens is 2. The molecule has 0 aromatic carbocycles. The zero-order valence-corrected chi connectivity index (χ0v) is 9.56. The van der Waals surface area contributed by atoms with Crippen molar-refractivity contribution in [1.82, 2.24) is 9.78 Å². The van der Waals surface area contributed by atoms with Gasteiger partial charge in [-0.25, -0.2) is 0 Å². The molecule has 1 rings (SSSR count). The van der Waals surface area contributed by atoms with Gasteiger partial charge in [-0.15, -0.1) is 0 Å². The molecule has 0 aliphatic heterocycles. The van der Waals surface area contributed by atoms with Gasteiger partial charge in [-0.3, -0.25) is 9.48 Å². The van der Waals surface area contributed by atoms with Crippen LogP contribution in [0.3, 0.4) is 0 Å². The van der Waals surface area contributed by atoms with E-state index in [1.54, 1.807) is 0 Å². The number of nitrogens with zero attached hydrogens (tertiary/aromatic N) is 2. The van der Waals surface area contributed by atoms with Crippen molar-refractivity contribution in [3.05, 3.63) is 18.0 Å². The molecule has 0 bridgehead atoms. The standard InChI is InChI=1S/C11H18N2O2/c1-4-15-8-11(14)7-10-5-6-13(12-10)9(2)3/h5-6,9H,4,7-8H2,1-3H3. The lowest BCUT2D eigenvalue weighted by atomic mass is 10.2. The molecule has 0 aliphatic carbocycles. The van der Waals surface area contributed by atoms with Gasteiger partial charge in [-0.1, -0.05) is 0 Å². The lowest BCUT2D eigenvalue weighted by molar-refractivity contribution is -0.122. The minimum absolute atomic E-state index is 0.0749. The number of carbonyl (C=O) groups excluding carboxylic acids is 1. The molecule has 0 fully saturated rings. The Morgan fingerprint density at radius 1 is 1.60 bits per heavy atom. The first-order chi connectivity index (χ1) is 7.13. The zero-order valence-electron chi connectivity index (χ0n) is 9.56. The Kier molecular flexibility index (Phi) is 4.49. The first-order valence-electron chi connectivity index (χ1n) is 5.27. The Morgan fingerprint density at radius 3 is 2.87 bits per heavy atom. The number of ether oxygens (including phenoxy) is 1. The third kappa shape index (κ3) is 3.83. The average molecular weight is 210 g/mol. The molecule has 0 radical (unpaired) electrons. The fourth-order valence-corrected chi connectivity index (χ4v) is 1.23. The maximum atomic E-state index is 11.4. The number of rotatable bonds is 6. The van der Waals surface area contributed by atoms with Crippen molar-refractivity contribution < 1.29 is 9.53 Å². The highest BCUT2D eigenvalue weighted by Crippen LogP contribution is 2.04. The fourth-order valence-electron chi connectivity index (χ4n) is 1.23. The van der Waals surface area contributed by atoms with Crippen molar-refractivity contribution in [1.29, 1.82) is 0 Å². The SMILES string of the molecule is CCOCC(=O)Cc1ccn(C(C)C)n1. The van der Waals surface area contributed by atoms with Crippen LogP contribution in [0.5, 0.6) is 0 Å². The van der Waals surface area contributed by atoms with Crippen LogP contribution >= 0.6 is 0 Å². The van der Waals surface area contributed by atoms with Crippen LogP contribution in [0.2, 0.25) is 0 Å². The molecule has 0 N–H and O–H groups in total. The van der Waals surface area contributed by atoms with Crippen LogP contribution in [0.4, 0.5) is 0 Å². The van der Waals surface area contributed by atoms with E-state index in [1.807, 2.05) is 23.9 Å². The minimum atomic E-state index is 0.0749. The van der Waals surface area contributed by atoms with Crippen molar-refractivity contribution in [3.8, 4) is 0 Å². The first kappa shape index (κ1) is 11.9. The fraction of sp³-hybridized carbons (Fsp3) is 0.636. The Morgan fingerprint density at radius 2 is 2.33 bits per heavy atom. The number of Topliss-reactive ketones (excluding diaryl/α,β-unsaturated/α-hetero) is 1. The van der Waals surface area contributed by atoms with Gasteiger partial charge in [0, 0.05) is 18.8 Å². The van der Waals surface area contributed by atoms with Crippen molar-refractivity contribution in [2.45, 2.75) is 33.2 Å². The Bertz CT molecular complexity index is 318. The molecule has 0 saturated carbocycles. The quantitative estimate of drug-likeness (QED) is 0.716. The van der Waals surface area contributed by atoms with E-state index in [0.717, 1.165) is 5.69 Å². The molecule has 0 spiro atoms. The average Bonchev–Trinajstić information content (AvgIpc) is 2.63. The number of carbonyl (C=O) groups is 1. The summed E-state index contributed by atoms with van der Waals surface area (Å²) in [5, 5.41) is 4.30. The minimum Gasteiger partial charge on any atom is -0.374 e. The predicted molar refractivity (Wildman–Crippen MR) is 57.8 cm³/mol. The van der Waals surface area contributed by atoms with Gasteiger partial charge in [-0.05, 0) is 26.8 Å². The second kappa shape index (κ2) is 5.66. The molecule has 0 atom stereocenters. The van der Waals surface area contributed by atoms with E-state index >= 15 is 0 Å². The molecule has 1 heterocycles. The highest BCUT2D eigenvalue weighted by atomic mass is 16.5. The molecular weight excluding hydrogens is 192 g/mol. The van der Waals surface area contributed by atoms with Crippen LogP contribution in [-0.4, -0.2) is 28.8 Å². The van der Waals surface area contributed by atoms with E-state index in [4.69, 9.17) is 4.74 Å². The Hall–Kier alpha value is -1.16. The highest BCUT2D eigenvalue weighted by molar-refractivity contribution is 5.81. The second-order valence-electron chi connectivity index (χ2n) is 3.73. The molecule has 0 unspecified atom stereocenters. The summed E-state index contributed by atoms with van der Waals surface area (Å²) in [5.74, 6) is 0.0749. The molecule has 4 heteroatoms. The van der Waals surface area contributed by atoms with E-state index < -0.39 is 0 Å². The molecule has 0 aliphatic rings. The molecule has 4 nitrogen and oxygen atoms in total. The van der Waals surface area contributed by atoms with E-state index in [2.05, 4.69) is 18.9 Å². The Balaban J connectivity index is 2.46. The molecule has 15 heavy (non-hydrogen) atoms. The van der Waals surface area contributed by atoms with E-state index in [9.17, 15) is 4.79 Å². The maximum absolute atomic E-state index is 11.4. The van der Waals surface area contributed by atoms with Gasteiger partial charge in [-0.2, -0.15) is 5.10 Å². The Labute approximate surface area is 90.2 Å². The lowest BCUT2D eigenvalue weighted by Gasteiger charge is -2.03. The van der Waals surface area contributed by atoms with Gasteiger partial charge < -0.3 is 4.74 Å². The summed E-state index contributed by atoms with van der Waals surface area (Å²) in [6, 6.07) is 2.21. The highest BCUT2D eigenvalue weighted by Gasteiger charge is 2.07. The van der Waals surface area contributed by atoms with Crippen molar-refractivity contribution in [3.63, 3.8) is 0 Å². The largest absolute Gasteiger partial charge is 0.374 e. The lowest BCUT2D eigenvalue weighted by Crippen LogP contribution is -2.12. The van der Waals surface area contributed by atoms with E-state index in [-0.39, 0.29) is 12.4 Å². The molecule has 0 saturated heterocycles. The zero-order chi connectivity index (χ0) is 11.3. The van der Waals surface area contributed by atoms with Gasteiger partial charge in [0.15, 0.2) is 5.78 Å². The third-order valence-corrected chi connectivity index (χ3v) is 2.04. The van der Waals surface area contributed by atoms with E-state index in [1.165, 1.54) is 0 Å². The molecule has 84 valence electrons. The topological polar surface area (TPSA) is 44.1 Å². The van der Waals surface area contributed by atoms with Gasteiger partial charge >= 0.3 is 0 Å². The molecular formula is C11H18N2O2. The van der Waals surface area contributed by atoms with Crippen LogP contribution in [0.15, 0.2) is 12.3 Å². The number of hydrogen-bond acceptors (Lipinski definition) is 3. The van der Waals surface area contributed by atoms with Crippen LogP contribution < -0.4 is 0 Å². The van der Waals surface area contributed by atoms with Gasteiger partial charge in [0.1, 0.15) is 6.61 Å². The van der Waals surface area contributed by atoms with Crippen molar-refractivity contribution >= 4 is 5.78 Å². The summed E-state index contributed by atoms with van der Waals surface area (Å²) in [6.07, 6.45) is 2.26. The predicted octanol–water partition coefficient (Wildman–Crippen LogP) is 1.61. The van der Waals surface area contributed by atoms with Crippen LogP contribution in [0.1, 0.15) is 32.5 Å². The summed E-state index contributed by atoms with van der Waals surface area (Å²) in [7, 11) is 0. The van der Waals surface area contributed by atoms with Gasteiger partial charge in [0.2, 0.25) is 0 Å². The molecule has 1 aromatic heterocycles. The van der Waals surface area contributed by atoms with Crippen LogP contribution in [-0.2, 0) is 16.0 Å². The third-order valence-electron chi connectivity index (χ3n) is 2.04. The van der Waals surface area contributed by atoms with Crippen LogP contribution in [0, 0.1) is 0 Å². The summed E-state index contributed by atoms with van der Waals surface area (Å²) >= 11 is 0. The van der Waals surface area contributed by atoms with Crippen molar-refractivity contribution in [2.24, 2.45) is 0 Å².